The molecular formula is C18H32IN5OS. The summed E-state index contributed by atoms with van der Waals surface area (Å²) < 4.78 is 5.50. The zero-order chi connectivity index (χ0) is 18.1. The van der Waals surface area contributed by atoms with Gasteiger partial charge in [-0.1, -0.05) is 20.8 Å². The summed E-state index contributed by atoms with van der Waals surface area (Å²) in [5.41, 5.74) is 7.09. The Morgan fingerprint density at radius 2 is 2.12 bits per heavy atom. The third-order valence-electron chi connectivity index (χ3n) is 3.70. The number of hydrogen-bond acceptors (Lipinski definition) is 5. The molecule has 2 heterocycles. The predicted molar refractivity (Wildman–Crippen MR) is 120 cm³/mol. The maximum Gasteiger partial charge on any atom is 0.188 e. The van der Waals surface area contributed by atoms with Gasteiger partial charge >= 0.3 is 0 Å². The number of nitrogens with two attached hydrogens (primary N) is 1. The number of nitrogens with one attached hydrogen (secondary N) is 1. The van der Waals surface area contributed by atoms with Gasteiger partial charge in [-0.25, -0.2) is 9.98 Å². The molecule has 148 valence electrons. The lowest BCUT2D eigenvalue weighted by Crippen LogP contribution is -2.39. The van der Waals surface area contributed by atoms with Crippen molar-refractivity contribution in [1.82, 2.24) is 15.2 Å². The molecule has 0 bridgehead atoms. The Kier molecular flexibility index (Phi) is 10.8. The standard InChI is InChI=1S/C18H31N5OS.HI/c1-18(2,3)25-16-13-15(5-7-20-16)14-22-17(19)21-6-4-8-23-9-11-24-12-10-23;/h5,7,13H,4,6,8-12,14H2,1-3H3,(H3,19,21,22);1H. The van der Waals surface area contributed by atoms with E-state index in [0.29, 0.717) is 12.5 Å². The third kappa shape index (κ3) is 9.94. The first-order chi connectivity index (χ1) is 11.9. The molecule has 6 nitrogen and oxygen atoms in total. The topological polar surface area (TPSA) is 75.8 Å². The lowest BCUT2D eigenvalue weighted by atomic mass is 10.3. The summed E-state index contributed by atoms with van der Waals surface area (Å²) >= 11 is 1.76. The first-order valence-corrected chi connectivity index (χ1v) is 9.72. The monoisotopic (exact) mass is 493 g/mol. The molecule has 0 spiro atoms. The van der Waals surface area contributed by atoms with Gasteiger partial charge in [-0.3, -0.25) is 4.90 Å². The first-order valence-electron chi connectivity index (χ1n) is 8.90. The van der Waals surface area contributed by atoms with Gasteiger partial charge in [0.05, 0.1) is 24.8 Å². The van der Waals surface area contributed by atoms with Crippen LogP contribution in [0.15, 0.2) is 28.3 Å². The van der Waals surface area contributed by atoms with E-state index in [4.69, 9.17) is 10.5 Å². The van der Waals surface area contributed by atoms with E-state index in [-0.39, 0.29) is 28.7 Å². The van der Waals surface area contributed by atoms with Crippen molar-refractivity contribution in [2.75, 3.05) is 39.4 Å². The number of aromatic nitrogens is 1. The maximum atomic E-state index is 5.97. The van der Waals surface area contributed by atoms with Crippen LogP contribution in [0.2, 0.25) is 0 Å². The van der Waals surface area contributed by atoms with Crippen LogP contribution in [0.5, 0.6) is 0 Å². The molecule has 3 N–H and O–H groups in total. The summed E-state index contributed by atoms with van der Waals surface area (Å²) in [6.45, 7) is 12.8. The van der Waals surface area contributed by atoms with Crippen molar-refractivity contribution in [3.05, 3.63) is 23.9 Å². The fourth-order valence-electron chi connectivity index (χ4n) is 2.49. The summed E-state index contributed by atoms with van der Waals surface area (Å²) in [5, 5.41) is 4.22. The highest BCUT2D eigenvalue weighted by Gasteiger charge is 2.13. The zero-order valence-corrected chi connectivity index (χ0v) is 19.2. The Morgan fingerprint density at radius 3 is 2.81 bits per heavy atom. The van der Waals surface area contributed by atoms with Gasteiger partial charge in [-0.05, 0) is 30.7 Å². The van der Waals surface area contributed by atoms with Crippen LogP contribution in [-0.4, -0.2) is 60.0 Å². The Labute approximate surface area is 178 Å². The molecule has 1 aliphatic rings. The van der Waals surface area contributed by atoms with E-state index < -0.39 is 0 Å². The van der Waals surface area contributed by atoms with Gasteiger partial charge in [-0.2, -0.15) is 0 Å². The molecule has 1 saturated heterocycles. The van der Waals surface area contributed by atoms with Crippen molar-refractivity contribution in [2.24, 2.45) is 10.7 Å². The molecule has 1 aliphatic heterocycles. The van der Waals surface area contributed by atoms with E-state index in [2.05, 4.69) is 47.0 Å². The third-order valence-corrected chi connectivity index (χ3v) is 4.75. The van der Waals surface area contributed by atoms with Gasteiger partial charge in [-0.15, -0.1) is 35.7 Å². The highest BCUT2D eigenvalue weighted by molar-refractivity contribution is 14.0. The molecule has 0 amide bonds. The average Bonchev–Trinajstić information content (AvgIpc) is 2.57. The Balaban J connectivity index is 0.00000338. The second-order valence-corrected chi connectivity index (χ2v) is 9.00. The van der Waals surface area contributed by atoms with Crippen LogP contribution in [0.4, 0.5) is 0 Å². The SMILES string of the molecule is CC(C)(C)Sc1cc(CN=C(N)NCCCN2CCOCC2)ccn1.I. The van der Waals surface area contributed by atoms with Crippen molar-refractivity contribution >= 4 is 41.7 Å². The highest BCUT2D eigenvalue weighted by atomic mass is 127. The van der Waals surface area contributed by atoms with Crippen LogP contribution >= 0.6 is 35.7 Å². The Bertz CT molecular complexity index is 559. The minimum atomic E-state index is 0. The number of thioether (sulfide) groups is 1. The molecule has 0 saturated carbocycles. The number of morpholine rings is 1. The van der Waals surface area contributed by atoms with E-state index in [9.17, 15) is 0 Å². The van der Waals surface area contributed by atoms with Gasteiger partial charge in [0.25, 0.3) is 0 Å². The smallest absolute Gasteiger partial charge is 0.188 e. The summed E-state index contributed by atoms with van der Waals surface area (Å²) in [5.74, 6) is 0.504. The van der Waals surface area contributed by atoms with E-state index in [0.717, 1.165) is 56.4 Å². The normalized spacial score (nSPS) is 16.2. The molecule has 0 aromatic carbocycles. The maximum absolute atomic E-state index is 5.97. The van der Waals surface area contributed by atoms with Crippen molar-refractivity contribution in [3.8, 4) is 0 Å². The van der Waals surface area contributed by atoms with Gasteiger partial charge in [0.1, 0.15) is 0 Å². The van der Waals surface area contributed by atoms with E-state index >= 15 is 0 Å². The molecule has 0 radical (unpaired) electrons. The highest BCUT2D eigenvalue weighted by Crippen LogP contribution is 2.30. The summed E-state index contributed by atoms with van der Waals surface area (Å²) in [6, 6.07) is 4.08. The molecule has 2 rings (SSSR count). The largest absolute Gasteiger partial charge is 0.379 e. The number of rotatable bonds is 7. The Morgan fingerprint density at radius 1 is 1.38 bits per heavy atom. The molecule has 26 heavy (non-hydrogen) atoms. The van der Waals surface area contributed by atoms with Crippen molar-refractivity contribution < 1.29 is 4.74 Å². The summed E-state index contributed by atoms with van der Waals surface area (Å²) in [7, 11) is 0. The van der Waals surface area contributed by atoms with Crippen molar-refractivity contribution in [2.45, 2.75) is 43.5 Å². The molecular weight excluding hydrogens is 461 g/mol. The fourth-order valence-corrected chi connectivity index (χ4v) is 3.45. The minimum Gasteiger partial charge on any atom is -0.379 e. The van der Waals surface area contributed by atoms with Crippen molar-refractivity contribution in [3.63, 3.8) is 0 Å². The van der Waals surface area contributed by atoms with Gasteiger partial charge < -0.3 is 15.8 Å². The van der Waals surface area contributed by atoms with Crippen LogP contribution in [0.25, 0.3) is 0 Å². The van der Waals surface area contributed by atoms with E-state index in [1.807, 2.05) is 12.3 Å². The van der Waals surface area contributed by atoms with E-state index in [1.165, 1.54) is 0 Å². The lowest BCUT2D eigenvalue weighted by Gasteiger charge is -2.26. The van der Waals surface area contributed by atoms with Crippen LogP contribution in [-0.2, 0) is 11.3 Å². The quantitative estimate of drug-likeness (QED) is 0.200. The molecule has 0 atom stereocenters. The van der Waals surface area contributed by atoms with E-state index in [1.54, 1.807) is 11.8 Å². The molecule has 0 aliphatic carbocycles. The molecule has 8 heteroatoms. The van der Waals surface area contributed by atoms with Crippen LogP contribution < -0.4 is 11.1 Å². The molecule has 1 aromatic heterocycles. The minimum absolute atomic E-state index is 0. The molecule has 1 aromatic rings. The number of aliphatic imine (C=N–C) groups is 1. The van der Waals surface area contributed by atoms with Crippen molar-refractivity contribution in [1.29, 1.82) is 0 Å². The van der Waals surface area contributed by atoms with Crippen LogP contribution in [0.1, 0.15) is 32.8 Å². The number of guanidine groups is 1. The number of nitrogens with zero attached hydrogens (tertiary/aromatic N) is 3. The average molecular weight is 493 g/mol. The van der Waals surface area contributed by atoms with Gasteiger partial charge in [0, 0.05) is 30.6 Å². The number of halogens is 1. The molecule has 1 fully saturated rings. The summed E-state index contributed by atoms with van der Waals surface area (Å²) in [6.07, 6.45) is 2.89. The lowest BCUT2D eigenvalue weighted by molar-refractivity contribution is 0.0376. The second-order valence-electron chi connectivity index (χ2n) is 7.15. The van der Waals surface area contributed by atoms with Gasteiger partial charge in [0.15, 0.2) is 5.96 Å². The number of hydrogen-bond donors (Lipinski definition) is 2. The summed E-state index contributed by atoms with van der Waals surface area (Å²) in [4.78, 5) is 11.3. The number of ether oxygens (including phenoxy) is 1. The van der Waals surface area contributed by atoms with Crippen LogP contribution in [0, 0.1) is 0 Å². The van der Waals surface area contributed by atoms with Crippen LogP contribution in [0.3, 0.4) is 0 Å². The fraction of sp³-hybridized carbons (Fsp3) is 0.667. The predicted octanol–water partition coefficient (Wildman–Crippen LogP) is 2.72. The first kappa shape index (κ1) is 23.5. The Hall–Kier alpha value is -0.580. The second kappa shape index (κ2) is 12.0. The number of pyridine rings is 1. The molecule has 0 unspecified atom stereocenters. The van der Waals surface area contributed by atoms with Gasteiger partial charge in [0.2, 0.25) is 0 Å². The zero-order valence-electron chi connectivity index (χ0n) is 16.0.